The van der Waals surface area contributed by atoms with E-state index in [-0.39, 0.29) is 5.91 Å². The van der Waals surface area contributed by atoms with Gasteiger partial charge in [-0.2, -0.15) is 13.2 Å². The molecule has 2 atom stereocenters. The molecule has 3 rings (SSSR count). The maximum Gasteiger partial charge on any atom is 0.417 e. The number of carboxylic acid groups (broad SMARTS) is 1. The molecule has 24 heavy (non-hydrogen) atoms. The lowest BCUT2D eigenvalue weighted by Gasteiger charge is -2.35. The van der Waals surface area contributed by atoms with Crippen molar-refractivity contribution in [1.29, 1.82) is 0 Å². The lowest BCUT2D eigenvalue weighted by atomic mass is 10.2. The van der Waals surface area contributed by atoms with E-state index in [9.17, 15) is 22.8 Å². The van der Waals surface area contributed by atoms with Gasteiger partial charge in [-0.25, -0.2) is 4.98 Å². The molecule has 1 aliphatic carbocycles. The average molecular weight is 343 g/mol. The first-order valence-electron chi connectivity index (χ1n) is 7.57. The van der Waals surface area contributed by atoms with Crippen LogP contribution in [0.1, 0.15) is 12.0 Å². The molecule has 0 aromatic carbocycles. The van der Waals surface area contributed by atoms with Crippen LogP contribution >= 0.6 is 0 Å². The van der Waals surface area contributed by atoms with Gasteiger partial charge in [-0.3, -0.25) is 9.59 Å². The van der Waals surface area contributed by atoms with E-state index in [2.05, 4.69) is 4.98 Å². The van der Waals surface area contributed by atoms with Crippen molar-refractivity contribution in [2.75, 3.05) is 31.1 Å². The Morgan fingerprint density at radius 2 is 1.79 bits per heavy atom. The highest BCUT2D eigenvalue weighted by Gasteiger charge is 2.50. The van der Waals surface area contributed by atoms with Gasteiger partial charge in [0.25, 0.3) is 0 Å². The van der Waals surface area contributed by atoms with Crippen molar-refractivity contribution < 1.29 is 27.9 Å². The summed E-state index contributed by atoms with van der Waals surface area (Å²) < 4.78 is 37.6. The molecular weight excluding hydrogens is 327 g/mol. The zero-order valence-electron chi connectivity index (χ0n) is 12.7. The van der Waals surface area contributed by atoms with Gasteiger partial charge in [0.05, 0.1) is 17.4 Å². The Bertz CT molecular complexity index is 640. The number of hydrogen-bond donors (Lipinski definition) is 1. The van der Waals surface area contributed by atoms with E-state index < -0.39 is 29.5 Å². The Hall–Kier alpha value is -2.32. The molecule has 2 fully saturated rings. The zero-order chi connectivity index (χ0) is 17.5. The number of piperazine rings is 1. The highest BCUT2D eigenvalue weighted by molar-refractivity contribution is 5.89. The molecule has 2 aliphatic rings. The normalized spacial score (nSPS) is 24.0. The quantitative estimate of drug-likeness (QED) is 0.900. The Kier molecular flexibility index (Phi) is 4.10. The number of alkyl halides is 3. The Balaban J connectivity index is 1.55. The monoisotopic (exact) mass is 343 g/mol. The largest absolute Gasteiger partial charge is 0.481 e. The fourth-order valence-electron chi connectivity index (χ4n) is 2.87. The molecule has 1 aliphatic heterocycles. The Labute approximate surface area is 135 Å². The highest BCUT2D eigenvalue weighted by atomic mass is 19.4. The Morgan fingerprint density at radius 1 is 1.12 bits per heavy atom. The number of hydrogen-bond acceptors (Lipinski definition) is 4. The van der Waals surface area contributed by atoms with E-state index in [0.29, 0.717) is 38.4 Å². The fourth-order valence-corrected chi connectivity index (χ4v) is 2.87. The number of amides is 1. The first-order valence-corrected chi connectivity index (χ1v) is 7.57. The van der Waals surface area contributed by atoms with Crippen LogP contribution in [0.15, 0.2) is 18.3 Å². The van der Waals surface area contributed by atoms with Crippen LogP contribution in [0.5, 0.6) is 0 Å². The van der Waals surface area contributed by atoms with Crippen molar-refractivity contribution in [3.63, 3.8) is 0 Å². The maximum absolute atomic E-state index is 12.5. The van der Waals surface area contributed by atoms with E-state index in [1.807, 2.05) is 4.90 Å². The predicted octanol–water partition coefficient (Wildman–Crippen LogP) is 1.47. The summed E-state index contributed by atoms with van der Waals surface area (Å²) in [5.74, 6) is -1.67. The molecule has 1 saturated heterocycles. The van der Waals surface area contributed by atoms with Crippen molar-refractivity contribution in [1.82, 2.24) is 9.88 Å². The van der Waals surface area contributed by atoms with Gasteiger partial charge in [0, 0.05) is 32.4 Å². The number of rotatable bonds is 3. The van der Waals surface area contributed by atoms with E-state index in [4.69, 9.17) is 5.11 Å². The molecule has 1 saturated carbocycles. The number of carbonyl (C=O) groups excluding carboxylic acids is 1. The number of carbonyl (C=O) groups is 2. The molecule has 0 radical (unpaired) electrons. The molecule has 130 valence electrons. The van der Waals surface area contributed by atoms with E-state index in [1.165, 1.54) is 6.07 Å². The summed E-state index contributed by atoms with van der Waals surface area (Å²) in [4.78, 5) is 30.3. The van der Waals surface area contributed by atoms with E-state index in [0.717, 1.165) is 12.3 Å². The zero-order valence-corrected chi connectivity index (χ0v) is 12.7. The molecule has 2 heterocycles. The van der Waals surface area contributed by atoms with Gasteiger partial charge in [0.2, 0.25) is 5.91 Å². The molecule has 0 bridgehead atoms. The van der Waals surface area contributed by atoms with E-state index in [1.54, 1.807) is 4.90 Å². The topological polar surface area (TPSA) is 73.7 Å². The molecule has 9 heteroatoms. The third kappa shape index (κ3) is 3.29. The lowest BCUT2D eigenvalue weighted by molar-refractivity contribution is -0.142. The summed E-state index contributed by atoms with van der Waals surface area (Å²) >= 11 is 0. The average Bonchev–Trinajstić information content (AvgIpc) is 3.34. The third-order valence-corrected chi connectivity index (χ3v) is 4.42. The Morgan fingerprint density at radius 3 is 2.25 bits per heavy atom. The number of halogens is 3. The lowest BCUT2D eigenvalue weighted by Crippen LogP contribution is -2.49. The van der Waals surface area contributed by atoms with Crippen LogP contribution in [-0.4, -0.2) is 53.0 Å². The number of carboxylic acids is 1. The second kappa shape index (κ2) is 5.95. The minimum absolute atomic E-state index is 0.151. The van der Waals surface area contributed by atoms with Gasteiger partial charge in [-0.15, -0.1) is 0 Å². The van der Waals surface area contributed by atoms with Crippen LogP contribution in [0.3, 0.4) is 0 Å². The molecule has 1 aromatic heterocycles. The van der Waals surface area contributed by atoms with Crippen molar-refractivity contribution in [3.05, 3.63) is 23.9 Å². The first kappa shape index (κ1) is 16.5. The molecule has 1 N–H and O–H groups in total. The number of aliphatic carboxylic acids is 1. The second-order valence-electron chi connectivity index (χ2n) is 6.00. The molecule has 1 aromatic rings. The first-order chi connectivity index (χ1) is 11.3. The second-order valence-corrected chi connectivity index (χ2v) is 6.00. The van der Waals surface area contributed by atoms with Crippen molar-refractivity contribution in [2.45, 2.75) is 12.6 Å². The summed E-state index contributed by atoms with van der Waals surface area (Å²) in [6.07, 6.45) is -3.23. The van der Waals surface area contributed by atoms with Gasteiger partial charge in [0.15, 0.2) is 0 Å². The standard InChI is InChI=1S/C15H16F3N3O3/c16-15(17,18)9-1-2-12(19-8-9)20-3-5-21(6-4-20)13(22)10-7-11(10)14(23)24/h1-2,8,10-11H,3-7H2,(H,23,24). The molecule has 2 unspecified atom stereocenters. The van der Waals surface area contributed by atoms with Crippen molar-refractivity contribution >= 4 is 17.7 Å². The number of nitrogens with zero attached hydrogens (tertiary/aromatic N) is 3. The molecular formula is C15H16F3N3O3. The minimum Gasteiger partial charge on any atom is -0.481 e. The van der Waals surface area contributed by atoms with Gasteiger partial charge in [0.1, 0.15) is 5.82 Å². The van der Waals surface area contributed by atoms with Gasteiger partial charge >= 0.3 is 12.1 Å². The van der Waals surface area contributed by atoms with Crippen LogP contribution in [0.25, 0.3) is 0 Å². The summed E-state index contributed by atoms with van der Waals surface area (Å²) in [5.41, 5.74) is -0.798. The number of pyridine rings is 1. The van der Waals surface area contributed by atoms with E-state index >= 15 is 0 Å². The smallest absolute Gasteiger partial charge is 0.417 e. The summed E-state index contributed by atoms with van der Waals surface area (Å²) in [5, 5.41) is 8.87. The maximum atomic E-state index is 12.5. The van der Waals surface area contributed by atoms with Crippen LogP contribution in [0, 0.1) is 11.8 Å². The molecule has 0 spiro atoms. The van der Waals surface area contributed by atoms with Crippen LogP contribution in [-0.2, 0) is 15.8 Å². The number of aromatic nitrogens is 1. The summed E-state index contributed by atoms with van der Waals surface area (Å²) in [6, 6.07) is 2.31. The molecule has 1 amide bonds. The van der Waals surface area contributed by atoms with Crippen LogP contribution in [0.4, 0.5) is 19.0 Å². The minimum atomic E-state index is -4.42. The van der Waals surface area contributed by atoms with Gasteiger partial charge in [-0.05, 0) is 18.6 Å². The van der Waals surface area contributed by atoms with Crippen LogP contribution in [0.2, 0.25) is 0 Å². The predicted molar refractivity (Wildman–Crippen MR) is 77.3 cm³/mol. The van der Waals surface area contributed by atoms with Crippen molar-refractivity contribution in [3.8, 4) is 0 Å². The molecule has 6 nitrogen and oxygen atoms in total. The SMILES string of the molecule is O=C(O)C1CC1C(=O)N1CCN(c2ccc(C(F)(F)F)cn2)CC1. The highest BCUT2D eigenvalue weighted by Crippen LogP contribution is 2.40. The van der Waals surface area contributed by atoms with Crippen molar-refractivity contribution in [2.24, 2.45) is 11.8 Å². The number of anilines is 1. The summed E-state index contributed by atoms with van der Waals surface area (Å²) in [7, 11) is 0. The van der Waals surface area contributed by atoms with Crippen LogP contribution < -0.4 is 4.90 Å². The summed E-state index contributed by atoms with van der Waals surface area (Å²) in [6.45, 7) is 1.72. The van der Waals surface area contributed by atoms with Gasteiger partial charge < -0.3 is 14.9 Å². The third-order valence-electron chi connectivity index (χ3n) is 4.42. The van der Waals surface area contributed by atoms with Gasteiger partial charge in [-0.1, -0.05) is 0 Å². The fraction of sp³-hybridized carbons (Fsp3) is 0.533.